The average Bonchev–Trinajstić information content (AvgIpc) is 3.27. The smallest absolute Gasteiger partial charge is 0.290 e. The fraction of sp³-hybridized carbons (Fsp3) is 0.389. The molecule has 1 aromatic carbocycles. The number of nitrogens with zero attached hydrogens (tertiary/aromatic N) is 6. The molecule has 3 heterocycles. The van der Waals surface area contributed by atoms with Crippen molar-refractivity contribution in [1.82, 2.24) is 29.7 Å². The van der Waals surface area contributed by atoms with Crippen LogP contribution in [0, 0.1) is 0 Å². The molecule has 0 spiro atoms. The van der Waals surface area contributed by atoms with E-state index in [9.17, 15) is 4.79 Å². The Morgan fingerprint density at radius 1 is 1.36 bits per heavy atom. The minimum absolute atomic E-state index is 0.0912. The van der Waals surface area contributed by atoms with E-state index in [4.69, 9.17) is 14.6 Å². The van der Waals surface area contributed by atoms with E-state index in [0.29, 0.717) is 31.9 Å². The molecule has 4 rings (SSSR count). The topological polar surface area (TPSA) is 115 Å². The van der Waals surface area contributed by atoms with Crippen LogP contribution >= 0.6 is 0 Å². The summed E-state index contributed by atoms with van der Waals surface area (Å²) in [5, 5.41) is 20.0. The van der Waals surface area contributed by atoms with E-state index in [2.05, 4.69) is 32.1 Å². The number of rotatable bonds is 3. The van der Waals surface area contributed by atoms with Crippen LogP contribution in [0.1, 0.15) is 17.5 Å². The van der Waals surface area contributed by atoms with Crippen molar-refractivity contribution in [1.29, 1.82) is 0 Å². The molecule has 1 aliphatic heterocycles. The Kier molecular flexibility index (Phi) is 5.99. The molecule has 10 heteroatoms. The number of hydrogen-bond acceptors (Lipinski definition) is 6. The largest absolute Gasteiger partial charge is 0.483 e. The summed E-state index contributed by atoms with van der Waals surface area (Å²) in [6, 6.07) is 8.13. The Labute approximate surface area is 161 Å². The Bertz CT molecular complexity index is 966. The number of aromatic nitrogens is 5. The van der Waals surface area contributed by atoms with Gasteiger partial charge < -0.3 is 19.3 Å². The summed E-state index contributed by atoms with van der Waals surface area (Å²) in [6.07, 6.45) is 2.09. The second kappa shape index (κ2) is 8.61. The van der Waals surface area contributed by atoms with Crippen LogP contribution in [0.15, 0.2) is 30.5 Å². The highest BCUT2D eigenvalue weighted by atomic mass is 16.5. The number of aryl methyl sites for hydroxylation is 2. The molecular weight excluding hydrogens is 364 g/mol. The molecule has 0 bridgehead atoms. The molecule has 0 radical (unpaired) electrons. The van der Waals surface area contributed by atoms with Crippen LogP contribution < -0.4 is 0 Å². The molecule has 28 heavy (non-hydrogen) atoms. The van der Waals surface area contributed by atoms with Crippen molar-refractivity contribution in [3.8, 4) is 0 Å². The molecular formula is C18H22N6O4. The molecule has 3 aromatic rings. The number of para-hydroxylation sites is 1. The van der Waals surface area contributed by atoms with E-state index in [0.717, 1.165) is 16.5 Å². The number of tetrazole rings is 1. The van der Waals surface area contributed by atoms with E-state index >= 15 is 0 Å². The zero-order chi connectivity index (χ0) is 20.1. The highest BCUT2D eigenvalue weighted by Gasteiger charge is 2.28. The molecule has 1 atom stereocenters. The van der Waals surface area contributed by atoms with Crippen LogP contribution in [-0.2, 0) is 34.8 Å². The number of carboxylic acid groups (broad SMARTS) is 1. The number of hydrogen-bond donors (Lipinski definition) is 1. The van der Waals surface area contributed by atoms with Gasteiger partial charge in [0.15, 0.2) is 0 Å². The fourth-order valence-corrected chi connectivity index (χ4v) is 3.30. The van der Waals surface area contributed by atoms with Crippen molar-refractivity contribution in [3.63, 3.8) is 0 Å². The van der Waals surface area contributed by atoms with Gasteiger partial charge in [0.1, 0.15) is 6.10 Å². The molecule has 0 saturated carbocycles. The van der Waals surface area contributed by atoms with Gasteiger partial charge in [0.25, 0.3) is 6.47 Å². The van der Waals surface area contributed by atoms with Gasteiger partial charge in [0.05, 0.1) is 26.6 Å². The van der Waals surface area contributed by atoms with Crippen LogP contribution in [0.2, 0.25) is 0 Å². The lowest BCUT2D eigenvalue weighted by Gasteiger charge is -2.31. The third-order valence-corrected chi connectivity index (χ3v) is 4.55. The number of ether oxygens (including phenoxy) is 1. The fourth-order valence-electron chi connectivity index (χ4n) is 3.30. The van der Waals surface area contributed by atoms with Crippen molar-refractivity contribution < 1.29 is 19.4 Å². The van der Waals surface area contributed by atoms with E-state index in [-0.39, 0.29) is 18.5 Å². The van der Waals surface area contributed by atoms with Gasteiger partial charge in [0, 0.05) is 30.7 Å². The van der Waals surface area contributed by atoms with Gasteiger partial charge in [-0.15, -0.1) is 10.2 Å². The van der Waals surface area contributed by atoms with Gasteiger partial charge in [-0.05, 0) is 16.8 Å². The van der Waals surface area contributed by atoms with E-state index in [1.165, 1.54) is 4.80 Å². The molecule has 148 valence electrons. The number of fused-ring (bicyclic) bond motifs is 1. The van der Waals surface area contributed by atoms with Gasteiger partial charge >= 0.3 is 0 Å². The summed E-state index contributed by atoms with van der Waals surface area (Å²) >= 11 is 0. The van der Waals surface area contributed by atoms with E-state index in [1.54, 1.807) is 7.05 Å². The number of carbonyl (C=O) groups excluding carboxylic acids is 1. The van der Waals surface area contributed by atoms with Gasteiger partial charge in [-0.2, -0.15) is 4.80 Å². The highest BCUT2D eigenvalue weighted by Crippen LogP contribution is 2.23. The average molecular weight is 386 g/mol. The zero-order valence-electron chi connectivity index (χ0n) is 15.7. The maximum atomic E-state index is 12.8. The number of amides is 1. The summed E-state index contributed by atoms with van der Waals surface area (Å²) in [5.41, 5.74) is 2.18. The zero-order valence-corrected chi connectivity index (χ0v) is 15.7. The molecule has 1 fully saturated rings. The van der Waals surface area contributed by atoms with Gasteiger partial charge in [0.2, 0.25) is 11.7 Å². The lowest BCUT2D eigenvalue weighted by molar-refractivity contribution is -0.138. The van der Waals surface area contributed by atoms with Gasteiger partial charge in [-0.1, -0.05) is 18.2 Å². The van der Waals surface area contributed by atoms with Crippen LogP contribution in [0.4, 0.5) is 0 Å². The van der Waals surface area contributed by atoms with E-state index in [1.807, 2.05) is 30.3 Å². The van der Waals surface area contributed by atoms with Crippen LogP contribution in [0.3, 0.4) is 0 Å². The minimum atomic E-state index is -0.320. The summed E-state index contributed by atoms with van der Waals surface area (Å²) < 4.78 is 7.77. The predicted molar refractivity (Wildman–Crippen MR) is 99.4 cm³/mol. The Hall–Kier alpha value is -3.27. The van der Waals surface area contributed by atoms with Crippen molar-refractivity contribution in [2.75, 3.05) is 19.7 Å². The van der Waals surface area contributed by atoms with Crippen molar-refractivity contribution >= 4 is 23.3 Å². The first-order chi connectivity index (χ1) is 13.5. The lowest BCUT2D eigenvalue weighted by Crippen LogP contribution is -2.43. The van der Waals surface area contributed by atoms with Crippen LogP contribution in [0.5, 0.6) is 0 Å². The van der Waals surface area contributed by atoms with Crippen molar-refractivity contribution in [2.45, 2.75) is 12.5 Å². The third kappa shape index (κ3) is 4.17. The molecule has 1 saturated heterocycles. The van der Waals surface area contributed by atoms with Gasteiger partial charge in [-0.3, -0.25) is 9.59 Å². The SMILES string of the molecule is Cn1nnc(C2CN(C(=O)Cc3cn(C)c4ccccc34)CCO2)n1.O=CO. The number of morpholine rings is 1. The first-order valence-electron chi connectivity index (χ1n) is 8.77. The molecule has 2 aromatic heterocycles. The highest BCUT2D eigenvalue weighted by molar-refractivity contribution is 5.89. The molecule has 1 aliphatic rings. The summed E-state index contributed by atoms with van der Waals surface area (Å²) in [5.74, 6) is 0.610. The van der Waals surface area contributed by atoms with Gasteiger partial charge in [-0.25, -0.2) is 0 Å². The normalized spacial score (nSPS) is 16.5. The maximum Gasteiger partial charge on any atom is 0.290 e. The summed E-state index contributed by atoms with van der Waals surface area (Å²) in [7, 11) is 3.71. The molecule has 10 nitrogen and oxygen atoms in total. The number of carbonyl (C=O) groups is 2. The standard InChI is InChI=1S/C17H20N6O2.CH2O2/c1-21-10-12(13-5-3-4-6-14(13)21)9-16(24)23-7-8-25-15(11-23)17-18-20-22(2)19-17;2-1-3/h3-6,10,15H,7-9,11H2,1-2H3;1H,(H,2,3). The first kappa shape index (κ1) is 19.5. The Morgan fingerprint density at radius 3 is 2.82 bits per heavy atom. The second-order valence-electron chi connectivity index (χ2n) is 6.40. The Balaban J connectivity index is 0.000000706. The summed E-state index contributed by atoms with van der Waals surface area (Å²) in [6.45, 7) is 1.26. The lowest BCUT2D eigenvalue weighted by atomic mass is 10.1. The van der Waals surface area contributed by atoms with Crippen molar-refractivity contribution in [2.24, 2.45) is 14.1 Å². The maximum absolute atomic E-state index is 12.8. The predicted octanol–water partition coefficient (Wildman–Crippen LogP) is 0.545. The third-order valence-electron chi connectivity index (χ3n) is 4.55. The van der Waals surface area contributed by atoms with Crippen LogP contribution in [-0.4, -0.2) is 66.9 Å². The number of benzene rings is 1. The second-order valence-corrected chi connectivity index (χ2v) is 6.40. The molecule has 0 aliphatic carbocycles. The monoisotopic (exact) mass is 386 g/mol. The molecule has 1 N–H and O–H groups in total. The minimum Gasteiger partial charge on any atom is -0.483 e. The van der Waals surface area contributed by atoms with E-state index < -0.39 is 0 Å². The Morgan fingerprint density at radius 2 is 2.11 bits per heavy atom. The summed E-state index contributed by atoms with van der Waals surface area (Å²) in [4.78, 5) is 24.4. The quantitative estimate of drug-likeness (QED) is 0.653. The van der Waals surface area contributed by atoms with Crippen molar-refractivity contribution in [3.05, 3.63) is 41.9 Å². The first-order valence-corrected chi connectivity index (χ1v) is 8.77. The molecule has 1 unspecified atom stereocenters. The van der Waals surface area contributed by atoms with Crippen LogP contribution in [0.25, 0.3) is 10.9 Å². The molecule has 1 amide bonds.